The molecule has 1 saturated heterocycles. The van der Waals surface area contributed by atoms with Crippen LogP contribution in [0.25, 0.3) is 10.8 Å². The smallest absolute Gasteiger partial charge is 0.270 e. The second kappa shape index (κ2) is 5.09. The molecule has 2 N–H and O–H groups in total. The van der Waals surface area contributed by atoms with Crippen molar-refractivity contribution in [1.29, 1.82) is 0 Å². The first-order chi connectivity index (χ1) is 9.66. The van der Waals surface area contributed by atoms with Crippen molar-refractivity contribution in [1.82, 2.24) is 15.2 Å². The average Bonchev–Trinajstić information content (AvgIpc) is 2.47. The van der Waals surface area contributed by atoms with E-state index in [1.165, 1.54) is 0 Å². The van der Waals surface area contributed by atoms with Crippen molar-refractivity contribution >= 4 is 16.7 Å². The largest absolute Gasteiger partial charge is 0.332 e. The van der Waals surface area contributed by atoms with Gasteiger partial charge in [0, 0.05) is 31.1 Å². The van der Waals surface area contributed by atoms with Crippen molar-refractivity contribution in [3.8, 4) is 0 Å². The second-order valence-corrected chi connectivity index (χ2v) is 5.15. The first kappa shape index (κ1) is 12.9. The summed E-state index contributed by atoms with van der Waals surface area (Å²) in [5.74, 6) is -0.109. The molecule has 5 heteroatoms. The number of amides is 1. The molecule has 3 rings (SSSR count). The Balaban J connectivity index is 2.01. The van der Waals surface area contributed by atoms with Crippen LogP contribution in [0, 0.1) is 0 Å². The quantitative estimate of drug-likeness (QED) is 0.812. The Kier molecular flexibility index (Phi) is 3.28. The summed E-state index contributed by atoms with van der Waals surface area (Å²) in [6, 6.07) is 9.18. The minimum atomic E-state index is -0.214. The fourth-order valence-electron chi connectivity index (χ4n) is 2.62. The zero-order valence-electron chi connectivity index (χ0n) is 11.3. The molecule has 0 spiro atoms. The van der Waals surface area contributed by atoms with Gasteiger partial charge in [-0.2, -0.15) is 0 Å². The highest BCUT2D eigenvalue weighted by atomic mass is 16.2. The van der Waals surface area contributed by atoms with E-state index < -0.39 is 0 Å². The number of aromatic amines is 1. The van der Waals surface area contributed by atoms with E-state index in [0.717, 1.165) is 18.5 Å². The van der Waals surface area contributed by atoms with Gasteiger partial charge in [-0.3, -0.25) is 9.59 Å². The molecular weight excluding hydrogens is 254 g/mol. The fourth-order valence-corrected chi connectivity index (χ4v) is 2.62. The number of H-pyrrole nitrogens is 1. The number of benzene rings is 1. The molecular formula is C15H17N3O2. The molecule has 2 aromatic rings. The van der Waals surface area contributed by atoms with Crippen molar-refractivity contribution in [3.63, 3.8) is 0 Å². The molecule has 1 amide bonds. The van der Waals surface area contributed by atoms with Gasteiger partial charge in [-0.15, -0.1) is 0 Å². The molecule has 20 heavy (non-hydrogen) atoms. The van der Waals surface area contributed by atoms with Crippen LogP contribution in [0.4, 0.5) is 0 Å². The van der Waals surface area contributed by atoms with Crippen LogP contribution < -0.4 is 10.9 Å². The van der Waals surface area contributed by atoms with Gasteiger partial charge in [-0.1, -0.05) is 18.2 Å². The number of carbonyl (C=O) groups is 1. The number of fused-ring (bicyclic) bond motifs is 1. The Labute approximate surface area is 116 Å². The zero-order chi connectivity index (χ0) is 14.1. The summed E-state index contributed by atoms with van der Waals surface area (Å²) in [5.41, 5.74) is 0.150. The van der Waals surface area contributed by atoms with Gasteiger partial charge in [0.1, 0.15) is 5.69 Å². The van der Waals surface area contributed by atoms with E-state index in [9.17, 15) is 9.59 Å². The van der Waals surface area contributed by atoms with Gasteiger partial charge in [0.2, 0.25) is 0 Å². The molecule has 1 aliphatic heterocycles. The highest BCUT2D eigenvalue weighted by Crippen LogP contribution is 2.13. The molecule has 0 saturated carbocycles. The molecule has 1 atom stereocenters. The first-order valence-electron chi connectivity index (χ1n) is 6.80. The van der Waals surface area contributed by atoms with Crippen molar-refractivity contribution in [2.24, 2.45) is 0 Å². The first-order valence-corrected chi connectivity index (χ1v) is 6.80. The molecule has 0 aliphatic carbocycles. The Morgan fingerprint density at radius 1 is 1.35 bits per heavy atom. The summed E-state index contributed by atoms with van der Waals surface area (Å²) >= 11 is 0. The van der Waals surface area contributed by atoms with E-state index >= 15 is 0 Å². The van der Waals surface area contributed by atoms with Gasteiger partial charge in [0.25, 0.3) is 11.5 Å². The molecule has 1 fully saturated rings. The summed E-state index contributed by atoms with van der Waals surface area (Å²) in [4.78, 5) is 29.1. The normalized spacial score (nSPS) is 19.2. The maximum Gasteiger partial charge on any atom is 0.270 e. The third-order valence-corrected chi connectivity index (χ3v) is 3.75. The van der Waals surface area contributed by atoms with Crippen LogP contribution in [0.5, 0.6) is 0 Å². The summed E-state index contributed by atoms with van der Waals surface area (Å²) in [6.07, 6.45) is 0. The summed E-state index contributed by atoms with van der Waals surface area (Å²) in [6.45, 7) is 4.23. The van der Waals surface area contributed by atoms with Crippen LogP contribution in [0.3, 0.4) is 0 Å². The van der Waals surface area contributed by atoms with E-state index in [1.807, 2.05) is 25.1 Å². The lowest BCUT2D eigenvalue weighted by Gasteiger charge is -2.33. The Hall–Kier alpha value is -2.14. The molecule has 2 heterocycles. The Morgan fingerprint density at radius 2 is 2.15 bits per heavy atom. The summed E-state index contributed by atoms with van der Waals surface area (Å²) in [7, 11) is 0. The molecule has 0 unspecified atom stereocenters. The number of carbonyl (C=O) groups excluding carboxylic acids is 1. The molecule has 1 aromatic heterocycles. The molecule has 1 aliphatic rings. The van der Waals surface area contributed by atoms with Crippen LogP contribution in [-0.2, 0) is 0 Å². The number of aromatic nitrogens is 1. The number of rotatable bonds is 1. The van der Waals surface area contributed by atoms with E-state index in [1.54, 1.807) is 17.0 Å². The van der Waals surface area contributed by atoms with Gasteiger partial charge >= 0.3 is 0 Å². The topological polar surface area (TPSA) is 65.2 Å². The third kappa shape index (κ3) is 2.20. The third-order valence-electron chi connectivity index (χ3n) is 3.75. The van der Waals surface area contributed by atoms with Crippen LogP contribution in [0.15, 0.2) is 35.1 Å². The van der Waals surface area contributed by atoms with Crippen LogP contribution in [-0.4, -0.2) is 41.5 Å². The monoisotopic (exact) mass is 271 g/mol. The highest BCUT2D eigenvalue weighted by molar-refractivity contribution is 5.96. The summed E-state index contributed by atoms with van der Waals surface area (Å²) < 4.78 is 0. The minimum Gasteiger partial charge on any atom is -0.332 e. The van der Waals surface area contributed by atoms with Crippen molar-refractivity contribution < 1.29 is 4.79 Å². The number of pyridine rings is 1. The lowest BCUT2D eigenvalue weighted by Crippen LogP contribution is -2.52. The molecule has 0 bridgehead atoms. The van der Waals surface area contributed by atoms with Crippen LogP contribution >= 0.6 is 0 Å². The van der Waals surface area contributed by atoms with E-state index in [0.29, 0.717) is 17.6 Å². The van der Waals surface area contributed by atoms with Gasteiger partial charge in [0.15, 0.2) is 0 Å². The van der Waals surface area contributed by atoms with Gasteiger partial charge < -0.3 is 15.2 Å². The molecule has 0 radical (unpaired) electrons. The minimum absolute atomic E-state index is 0.109. The van der Waals surface area contributed by atoms with Gasteiger partial charge in [-0.25, -0.2) is 0 Å². The SMILES string of the molecule is C[C@@H]1CNCCN1C(=O)c1cc2ccccc2c(=O)[nH]1. The highest BCUT2D eigenvalue weighted by Gasteiger charge is 2.24. The van der Waals surface area contributed by atoms with E-state index in [-0.39, 0.29) is 17.5 Å². The van der Waals surface area contributed by atoms with Crippen molar-refractivity contribution in [2.45, 2.75) is 13.0 Å². The number of nitrogens with one attached hydrogen (secondary N) is 2. The molecule has 1 aromatic carbocycles. The number of hydrogen-bond acceptors (Lipinski definition) is 3. The van der Waals surface area contributed by atoms with E-state index in [4.69, 9.17) is 0 Å². The van der Waals surface area contributed by atoms with Crippen LogP contribution in [0.2, 0.25) is 0 Å². The van der Waals surface area contributed by atoms with Gasteiger partial charge in [-0.05, 0) is 24.4 Å². The Morgan fingerprint density at radius 3 is 2.95 bits per heavy atom. The van der Waals surface area contributed by atoms with Crippen LogP contribution in [0.1, 0.15) is 17.4 Å². The maximum absolute atomic E-state index is 12.5. The number of hydrogen-bond donors (Lipinski definition) is 2. The molecule has 104 valence electrons. The van der Waals surface area contributed by atoms with E-state index in [2.05, 4.69) is 10.3 Å². The number of piperazine rings is 1. The molecule has 5 nitrogen and oxygen atoms in total. The summed E-state index contributed by atoms with van der Waals surface area (Å²) in [5, 5.41) is 4.65. The fraction of sp³-hybridized carbons (Fsp3) is 0.333. The van der Waals surface area contributed by atoms with Crippen molar-refractivity contribution in [2.75, 3.05) is 19.6 Å². The lowest BCUT2D eigenvalue weighted by molar-refractivity contribution is 0.0649. The Bertz CT molecular complexity index is 708. The standard InChI is InChI=1S/C15H17N3O2/c1-10-9-16-6-7-18(10)15(20)13-8-11-4-2-3-5-12(11)14(19)17-13/h2-5,8,10,16H,6-7,9H2,1H3,(H,17,19)/t10-/m1/s1. The van der Waals surface area contributed by atoms with Crippen molar-refractivity contribution in [3.05, 3.63) is 46.4 Å². The number of nitrogens with zero attached hydrogens (tertiary/aromatic N) is 1. The zero-order valence-corrected chi connectivity index (χ0v) is 11.3. The second-order valence-electron chi connectivity index (χ2n) is 5.15. The van der Waals surface area contributed by atoms with Gasteiger partial charge in [0.05, 0.1) is 0 Å². The average molecular weight is 271 g/mol. The predicted octanol–water partition coefficient (Wildman–Crippen LogP) is 0.962. The maximum atomic E-state index is 12.5. The predicted molar refractivity (Wildman–Crippen MR) is 77.9 cm³/mol. The lowest BCUT2D eigenvalue weighted by atomic mass is 10.1.